The summed E-state index contributed by atoms with van der Waals surface area (Å²) in [4.78, 5) is -0.210. The largest absolute Gasteiger partial charge is 0.506 e. The van der Waals surface area contributed by atoms with Gasteiger partial charge in [-0.1, -0.05) is 0 Å². The molecule has 1 aliphatic carbocycles. The summed E-state index contributed by atoms with van der Waals surface area (Å²) in [5, 5.41) is 15.0. The molecule has 0 bridgehead atoms. The maximum absolute atomic E-state index is 11.4. The number of hydrogen-bond donors (Lipinski definition) is 3. The van der Waals surface area contributed by atoms with Crippen molar-refractivity contribution in [2.24, 2.45) is 10.9 Å². The van der Waals surface area contributed by atoms with E-state index in [0.29, 0.717) is 5.56 Å². The zero-order chi connectivity index (χ0) is 12.6. The first-order chi connectivity index (χ1) is 7.95. The monoisotopic (exact) mass is 292 g/mol. The van der Waals surface area contributed by atoms with Crippen LogP contribution in [0.4, 0.5) is 0 Å². The lowest BCUT2D eigenvalue weighted by Gasteiger charge is -2.21. The zero-order valence-corrected chi connectivity index (χ0v) is 11.5. The molecule has 2 rings (SSSR count). The SMILES string of the molecule is Cl.NCc1c(O)c(S(N)(=O)=O)cc2c1CCCC2. The van der Waals surface area contributed by atoms with Gasteiger partial charge in [0.2, 0.25) is 10.0 Å². The Kier molecular flexibility index (Phi) is 4.61. The van der Waals surface area contributed by atoms with Crippen molar-refractivity contribution in [3.8, 4) is 5.75 Å². The minimum absolute atomic E-state index is 0. The van der Waals surface area contributed by atoms with Gasteiger partial charge in [0.05, 0.1) is 0 Å². The molecule has 0 unspecified atom stereocenters. The quantitative estimate of drug-likeness (QED) is 0.749. The Labute approximate surface area is 113 Å². The van der Waals surface area contributed by atoms with E-state index in [2.05, 4.69) is 0 Å². The standard InChI is InChI=1S/C11H16N2O3S.ClH/c12-6-9-8-4-2-1-3-7(8)5-10(11(9)14)17(13,15)16;/h5,14H,1-4,6,12H2,(H2,13,15,16);1H. The topological polar surface area (TPSA) is 106 Å². The van der Waals surface area contributed by atoms with Crippen LogP contribution in [0, 0.1) is 0 Å². The molecule has 7 heteroatoms. The van der Waals surface area contributed by atoms with Gasteiger partial charge in [-0.2, -0.15) is 0 Å². The van der Waals surface area contributed by atoms with Crippen LogP contribution < -0.4 is 10.9 Å². The van der Waals surface area contributed by atoms with Gasteiger partial charge < -0.3 is 10.8 Å². The summed E-state index contributed by atoms with van der Waals surface area (Å²) in [6, 6.07) is 1.48. The Hall–Kier alpha value is -0.820. The lowest BCUT2D eigenvalue weighted by Crippen LogP contribution is -2.17. The van der Waals surface area contributed by atoms with Crippen molar-refractivity contribution in [2.75, 3.05) is 0 Å². The summed E-state index contributed by atoms with van der Waals surface area (Å²) in [5.74, 6) is -0.282. The van der Waals surface area contributed by atoms with Crippen molar-refractivity contribution in [1.82, 2.24) is 0 Å². The minimum atomic E-state index is -3.91. The van der Waals surface area contributed by atoms with Crippen LogP contribution in [0.3, 0.4) is 0 Å². The van der Waals surface area contributed by atoms with Gasteiger partial charge in [-0.15, -0.1) is 12.4 Å². The van der Waals surface area contributed by atoms with Crippen LogP contribution in [0.1, 0.15) is 29.5 Å². The molecule has 0 saturated carbocycles. The Morgan fingerprint density at radius 2 is 1.89 bits per heavy atom. The summed E-state index contributed by atoms with van der Waals surface area (Å²) < 4.78 is 22.8. The highest BCUT2D eigenvalue weighted by atomic mass is 35.5. The van der Waals surface area contributed by atoms with E-state index in [1.165, 1.54) is 6.07 Å². The number of primary sulfonamides is 1. The fourth-order valence-corrected chi connectivity index (χ4v) is 3.09. The summed E-state index contributed by atoms with van der Waals surface area (Å²) >= 11 is 0. The van der Waals surface area contributed by atoms with Crippen LogP contribution >= 0.6 is 12.4 Å². The van der Waals surface area contributed by atoms with Gasteiger partial charge in [0, 0.05) is 12.1 Å². The second-order valence-corrected chi connectivity index (χ2v) is 5.83. The molecular weight excluding hydrogens is 276 g/mol. The number of nitrogens with two attached hydrogens (primary N) is 2. The maximum Gasteiger partial charge on any atom is 0.241 e. The Morgan fingerprint density at radius 1 is 1.28 bits per heavy atom. The van der Waals surface area contributed by atoms with Crippen molar-refractivity contribution in [1.29, 1.82) is 0 Å². The molecule has 18 heavy (non-hydrogen) atoms. The molecule has 0 fully saturated rings. The first kappa shape index (κ1) is 15.2. The van der Waals surface area contributed by atoms with Gasteiger partial charge in [0.1, 0.15) is 10.6 Å². The number of sulfonamides is 1. The number of benzene rings is 1. The van der Waals surface area contributed by atoms with E-state index >= 15 is 0 Å². The van der Waals surface area contributed by atoms with E-state index < -0.39 is 10.0 Å². The first-order valence-electron chi connectivity index (χ1n) is 5.54. The van der Waals surface area contributed by atoms with Crippen LogP contribution in [0.25, 0.3) is 0 Å². The molecule has 0 amide bonds. The predicted octanol–water partition coefficient (Wildman–Crippen LogP) is 0.799. The van der Waals surface area contributed by atoms with Gasteiger partial charge in [-0.05, 0) is 42.9 Å². The maximum atomic E-state index is 11.4. The smallest absolute Gasteiger partial charge is 0.241 e. The number of aromatic hydroxyl groups is 1. The number of phenolic OH excluding ortho intramolecular Hbond substituents is 1. The van der Waals surface area contributed by atoms with Gasteiger partial charge in [-0.25, -0.2) is 13.6 Å². The predicted molar refractivity (Wildman–Crippen MR) is 71.3 cm³/mol. The number of aryl methyl sites for hydroxylation is 1. The van der Waals surface area contributed by atoms with Crippen molar-refractivity contribution < 1.29 is 13.5 Å². The van der Waals surface area contributed by atoms with Gasteiger partial charge >= 0.3 is 0 Å². The van der Waals surface area contributed by atoms with Crippen molar-refractivity contribution in [3.63, 3.8) is 0 Å². The molecule has 5 nitrogen and oxygen atoms in total. The van der Waals surface area contributed by atoms with Crippen molar-refractivity contribution in [2.45, 2.75) is 37.1 Å². The van der Waals surface area contributed by atoms with Gasteiger partial charge in [0.25, 0.3) is 0 Å². The molecule has 1 aliphatic rings. The van der Waals surface area contributed by atoms with E-state index in [9.17, 15) is 13.5 Å². The third-order valence-electron chi connectivity index (χ3n) is 3.21. The second-order valence-electron chi connectivity index (χ2n) is 4.30. The number of hydrogen-bond acceptors (Lipinski definition) is 4. The van der Waals surface area contributed by atoms with Crippen molar-refractivity contribution >= 4 is 22.4 Å². The third-order valence-corrected chi connectivity index (χ3v) is 4.13. The van der Waals surface area contributed by atoms with Crippen LogP contribution in [-0.4, -0.2) is 13.5 Å². The molecule has 0 radical (unpaired) electrons. The summed E-state index contributed by atoms with van der Waals surface area (Å²) in [6.45, 7) is 0.123. The Balaban J connectivity index is 0.00000162. The summed E-state index contributed by atoms with van der Waals surface area (Å²) in [7, 11) is -3.91. The fourth-order valence-electron chi connectivity index (χ4n) is 2.39. The minimum Gasteiger partial charge on any atom is -0.506 e. The van der Waals surface area contributed by atoms with Crippen molar-refractivity contribution in [3.05, 3.63) is 22.8 Å². The van der Waals surface area contributed by atoms with Gasteiger partial charge in [-0.3, -0.25) is 0 Å². The molecule has 1 aromatic rings. The normalized spacial score (nSPS) is 14.8. The lowest BCUT2D eigenvalue weighted by atomic mass is 9.88. The summed E-state index contributed by atoms with van der Waals surface area (Å²) in [6.07, 6.45) is 3.70. The summed E-state index contributed by atoms with van der Waals surface area (Å²) in [5.41, 5.74) is 8.04. The third kappa shape index (κ3) is 2.61. The average Bonchev–Trinajstić information content (AvgIpc) is 2.27. The molecule has 102 valence electrons. The molecular formula is C11H17ClN2O3S. The van der Waals surface area contributed by atoms with Crippen LogP contribution in [-0.2, 0) is 29.4 Å². The lowest BCUT2D eigenvalue weighted by molar-refractivity contribution is 0.448. The van der Waals surface area contributed by atoms with E-state index in [1.807, 2.05) is 0 Å². The first-order valence-corrected chi connectivity index (χ1v) is 7.09. The van der Waals surface area contributed by atoms with E-state index in [1.54, 1.807) is 0 Å². The van der Waals surface area contributed by atoms with Crippen LogP contribution in [0.15, 0.2) is 11.0 Å². The van der Waals surface area contributed by atoms with Crippen LogP contribution in [0.2, 0.25) is 0 Å². The highest BCUT2D eigenvalue weighted by Gasteiger charge is 2.23. The molecule has 0 heterocycles. The fraction of sp³-hybridized carbons (Fsp3) is 0.455. The molecule has 0 aliphatic heterocycles. The molecule has 0 saturated heterocycles. The second kappa shape index (κ2) is 5.44. The van der Waals surface area contributed by atoms with Crippen LogP contribution in [0.5, 0.6) is 5.75 Å². The number of halogens is 1. The van der Waals surface area contributed by atoms with Gasteiger partial charge in [0.15, 0.2) is 0 Å². The highest BCUT2D eigenvalue weighted by Crippen LogP contribution is 2.35. The molecule has 5 N–H and O–H groups in total. The number of rotatable bonds is 2. The number of phenols is 1. The molecule has 0 spiro atoms. The highest BCUT2D eigenvalue weighted by molar-refractivity contribution is 7.89. The number of fused-ring (bicyclic) bond motifs is 1. The van der Waals surface area contributed by atoms with E-state index in [0.717, 1.165) is 36.8 Å². The Bertz CT molecular complexity index is 558. The molecule has 0 atom stereocenters. The molecule has 0 aromatic heterocycles. The van der Waals surface area contributed by atoms with E-state index in [-0.39, 0.29) is 29.6 Å². The Morgan fingerprint density at radius 3 is 2.44 bits per heavy atom. The average molecular weight is 293 g/mol. The zero-order valence-electron chi connectivity index (χ0n) is 9.85. The van der Waals surface area contributed by atoms with E-state index in [4.69, 9.17) is 10.9 Å². The molecule has 1 aromatic carbocycles.